The number of nitrogens with one attached hydrogen (secondary N) is 1. The lowest BCUT2D eigenvalue weighted by atomic mass is 10.1. The van der Waals surface area contributed by atoms with Gasteiger partial charge in [0.15, 0.2) is 0 Å². The molecule has 0 unspecified atom stereocenters. The van der Waals surface area contributed by atoms with Crippen LogP contribution in [0.4, 0.5) is 11.4 Å². The maximum absolute atomic E-state index is 9.21. The fraction of sp³-hybridized carbons (Fsp3) is 0.125. The Kier molecular flexibility index (Phi) is 4.28. The summed E-state index contributed by atoms with van der Waals surface area (Å²) >= 11 is 0. The highest BCUT2D eigenvalue weighted by Gasteiger charge is 2.12. The summed E-state index contributed by atoms with van der Waals surface area (Å²) in [5, 5.41) is 21.5. The van der Waals surface area contributed by atoms with Crippen molar-refractivity contribution in [1.29, 1.82) is 10.5 Å². The van der Waals surface area contributed by atoms with Crippen LogP contribution in [0.15, 0.2) is 36.4 Å². The van der Waals surface area contributed by atoms with Gasteiger partial charge in [0.25, 0.3) is 0 Å². The van der Waals surface area contributed by atoms with Gasteiger partial charge in [-0.3, -0.25) is 0 Å². The molecule has 2 aromatic carbocycles. The number of hydrogen-bond acceptors (Lipinski definition) is 5. The highest BCUT2D eigenvalue weighted by molar-refractivity contribution is 5.76. The van der Waals surface area contributed by atoms with Gasteiger partial charge in [-0.15, -0.1) is 0 Å². The zero-order chi connectivity index (χ0) is 15.2. The lowest BCUT2D eigenvalue weighted by molar-refractivity contribution is 0.414. The van der Waals surface area contributed by atoms with Gasteiger partial charge in [-0.05, 0) is 24.3 Å². The molecule has 0 amide bonds. The summed E-state index contributed by atoms with van der Waals surface area (Å²) in [6, 6.07) is 14.4. The normalized spacial score (nSPS) is 9.33. The van der Waals surface area contributed by atoms with Gasteiger partial charge in [0.05, 0.1) is 36.7 Å². The van der Waals surface area contributed by atoms with Crippen molar-refractivity contribution in [3.63, 3.8) is 0 Å². The van der Waals surface area contributed by atoms with E-state index in [1.54, 1.807) is 43.5 Å². The van der Waals surface area contributed by atoms with E-state index >= 15 is 0 Å². The van der Waals surface area contributed by atoms with E-state index in [0.717, 1.165) is 0 Å². The lowest BCUT2D eigenvalue weighted by Gasteiger charge is -2.14. The molecule has 104 valence electrons. The standard InChI is InChI=1S/C16H13N3O2/c1-20-13-7-6-11(9-17)14(8-13)19-16-12(10-18)4-3-5-15(16)21-2/h3-8,19H,1-2H3. The van der Waals surface area contributed by atoms with E-state index in [4.69, 9.17) is 9.47 Å². The largest absolute Gasteiger partial charge is 0.497 e. The highest BCUT2D eigenvalue weighted by Crippen LogP contribution is 2.33. The minimum atomic E-state index is 0.432. The van der Waals surface area contributed by atoms with Crippen molar-refractivity contribution in [2.24, 2.45) is 0 Å². The number of benzene rings is 2. The third-order valence-corrected chi connectivity index (χ3v) is 2.97. The van der Waals surface area contributed by atoms with Crippen molar-refractivity contribution in [2.75, 3.05) is 19.5 Å². The van der Waals surface area contributed by atoms with Crippen molar-refractivity contribution < 1.29 is 9.47 Å². The molecule has 5 nitrogen and oxygen atoms in total. The number of para-hydroxylation sites is 1. The van der Waals surface area contributed by atoms with Crippen LogP contribution < -0.4 is 14.8 Å². The topological polar surface area (TPSA) is 78.1 Å². The molecule has 0 heterocycles. The van der Waals surface area contributed by atoms with Crippen molar-refractivity contribution in [3.8, 4) is 23.6 Å². The van der Waals surface area contributed by atoms with Crippen LogP contribution >= 0.6 is 0 Å². The van der Waals surface area contributed by atoms with Crippen molar-refractivity contribution in [2.45, 2.75) is 0 Å². The van der Waals surface area contributed by atoms with Gasteiger partial charge in [-0.25, -0.2) is 0 Å². The van der Waals surface area contributed by atoms with Crippen LogP contribution in [0, 0.1) is 22.7 Å². The van der Waals surface area contributed by atoms with Gasteiger partial charge in [0.2, 0.25) is 0 Å². The SMILES string of the molecule is COc1ccc(C#N)c(Nc2c(C#N)cccc2OC)c1. The van der Waals surface area contributed by atoms with Crippen LogP contribution in [-0.4, -0.2) is 14.2 Å². The molecule has 1 N–H and O–H groups in total. The minimum absolute atomic E-state index is 0.432. The molecule has 21 heavy (non-hydrogen) atoms. The van der Waals surface area contributed by atoms with Gasteiger partial charge >= 0.3 is 0 Å². The molecule has 0 aromatic heterocycles. The van der Waals surface area contributed by atoms with Crippen molar-refractivity contribution in [3.05, 3.63) is 47.5 Å². The average Bonchev–Trinajstić information content (AvgIpc) is 2.54. The predicted molar refractivity (Wildman–Crippen MR) is 78.7 cm³/mol. The third-order valence-electron chi connectivity index (χ3n) is 2.97. The lowest BCUT2D eigenvalue weighted by Crippen LogP contribution is -2.00. The van der Waals surface area contributed by atoms with Gasteiger partial charge in [0, 0.05) is 6.07 Å². The number of methoxy groups -OCH3 is 2. The molecule has 0 aliphatic rings. The maximum atomic E-state index is 9.21. The maximum Gasteiger partial charge on any atom is 0.143 e. The number of rotatable bonds is 4. The molecular formula is C16H13N3O2. The second kappa shape index (κ2) is 6.31. The van der Waals surface area contributed by atoms with E-state index in [2.05, 4.69) is 17.5 Å². The number of ether oxygens (including phenoxy) is 2. The molecule has 5 heteroatoms. The second-order valence-corrected chi connectivity index (χ2v) is 4.14. The average molecular weight is 279 g/mol. The smallest absolute Gasteiger partial charge is 0.143 e. The number of hydrogen-bond donors (Lipinski definition) is 1. The van der Waals surface area contributed by atoms with E-state index in [1.807, 2.05) is 0 Å². The fourth-order valence-corrected chi connectivity index (χ4v) is 1.91. The summed E-state index contributed by atoms with van der Waals surface area (Å²) < 4.78 is 10.4. The van der Waals surface area contributed by atoms with E-state index in [1.165, 1.54) is 7.11 Å². The van der Waals surface area contributed by atoms with Gasteiger partial charge in [0.1, 0.15) is 23.6 Å². The van der Waals surface area contributed by atoms with Gasteiger partial charge in [-0.1, -0.05) is 6.07 Å². The zero-order valence-corrected chi connectivity index (χ0v) is 11.7. The summed E-state index contributed by atoms with van der Waals surface area (Å²) in [4.78, 5) is 0. The summed E-state index contributed by atoms with van der Waals surface area (Å²) in [6.07, 6.45) is 0. The predicted octanol–water partition coefficient (Wildman–Crippen LogP) is 3.19. The number of nitriles is 2. The quantitative estimate of drug-likeness (QED) is 0.929. The molecule has 0 aliphatic heterocycles. The number of nitrogens with zero attached hydrogens (tertiary/aromatic N) is 2. The zero-order valence-electron chi connectivity index (χ0n) is 11.7. The van der Waals surface area contributed by atoms with Gasteiger partial charge in [-0.2, -0.15) is 10.5 Å². The Balaban J connectivity index is 2.53. The molecule has 2 rings (SSSR count). The first-order valence-electron chi connectivity index (χ1n) is 6.15. The minimum Gasteiger partial charge on any atom is -0.497 e. The van der Waals surface area contributed by atoms with Crippen molar-refractivity contribution in [1.82, 2.24) is 0 Å². The van der Waals surface area contributed by atoms with E-state index in [0.29, 0.717) is 34.0 Å². The second-order valence-electron chi connectivity index (χ2n) is 4.14. The van der Waals surface area contributed by atoms with E-state index < -0.39 is 0 Å². The first-order valence-corrected chi connectivity index (χ1v) is 6.15. The summed E-state index contributed by atoms with van der Waals surface area (Å²) in [5.41, 5.74) is 1.96. The molecule has 0 fully saturated rings. The summed E-state index contributed by atoms with van der Waals surface area (Å²) in [6.45, 7) is 0. The third kappa shape index (κ3) is 2.88. The molecular weight excluding hydrogens is 266 g/mol. The van der Waals surface area contributed by atoms with Crippen LogP contribution in [-0.2, 0) is 0 Å². The Labute approximate surface area is 123 Å². The molecule has 0 radical (unpaired) electrons. The van der Waals surface area contributed by atoms with Crippen LogP contribution in [0.3, 0.4) is 0 Å². The molecule has 2 aromatic rings. The first-order chi connectivity index (χ1) is 10.2. The van der Waals surface area contributed by atoms with Crippen LogP contribution in [0.1, 0.15) is 11.1 Å². The highest BCUT2D eigenvalue weighted by atomic mass is 16.5. The van der Waals surface area contributed by atoms with Gasteiger partial charge < -0.3 is 14.8 Å². The first kappa shape index (κ1) is 14.2. The fourth-order valence-electron chi connectivity index (χ4n) is 1.91. The monoisotopic (exact) mass is 279 g/mol. The Morgan fingerprint density at radius 3 is 2.33 bits per heavy atom. The van der Waals surface area contributed by atoms with Crippen LogP contribution in [0.5, 0.6) is 11.5 Å². The summed E-state index contributed by atoms with van der Waals surface area (Å²) in [7, 11) is 3.08. The molecule has 0 bridgehead atoms. The molecule has 0 spiro atoms. The molecule has 0 saturated heterocycles. The Morgan fingerprint density at radius 2 is 1.71 bits per heavy atom. The molecule has 0 aliphatic carbocycles. The van der Waals surface area contributed by atoms with Crippen LogP contribution in [0.25, 0.3) is 0 Å². The van der Waals surface area contributed by atoms with E-state index in [-0.39, 0.29) is 0 Å². The Bertz CT molecular complexity index is 742. The Morgan fingerprint density at radius 1 is 0.952 bits per heavy atom. The van der Waals surface area contributed by atoms with Crippen molar-refractivity contribution >= 4 is 11.4 Å². The van der Waals surface area contributed by atoms with Crippen LogP contribution in [0.2, 0.25) is 0 Å². The number of anilines is 2. The molecule has 0 atom stereocenters. The Hall–Kier alpha value is -3.18. The summed E-state index contributed by atoms with van der Waals surface area (Å²) in [5.74, 6) is 1.14. The van der Waals surface area contributed by atoms with E-state index in [9.17, 15) is 10.5 Å². The molecule has 0 saturated carbocycles.